The maximum atomic E-state index is 5.01. The molecule has 0 spiro atoms. The molecule has 0 aliphatic rings. The highest BCUT2D eigenvalue weighted by Gasteiger charge is 2.30. The summed E-state index contributed by atoms with van der Waals surface area (Å²) in [5.41, 5.74) is 9.10. The van der Waals surface area contributed by atoms with Gasteiger partial charge in [0.2, 0.25) is 0 Å². The normalized spacial score (nSPS) is 13.0. The Morgan fingerprint density at radius 3 is 1.33 bits per heavy atom. The number of unbranched alkanes of at least 4 members (excludes halogenated alkanes) is 2. The standard InChI is InChI=1S/C34H42N4S4/c1-9-11-13-21-23-26(38(16-18(5)6)27-29(23)41-33-31(27)39-19(7)35-33)22(14-12-10-2)24-25(21)37(15-17(3)4)28-30(24)42-34-32(28)40-20(8)36-34/h17-18H,9-16H2,1-8H3. The molecule has 0 fully saturated rings. The molecule has 0 aliphatic carbocycles. The van der Waals surface area contributed by atoms with Gasteiger partial charge in [-0.15, -0.1) is 45.3 Å². The van der Waals surface area contributed by atoms with Crippen molar-refractivity contribution in [2.45, 2.75) is 107 Å². The zero-order valence-electron chi connectivity index (χ0n) is 26.2. The van der Waals surface area contributed by atoms with Crippen LogP contribution in [0.2, 0.25) is 0 Å². The molecule has 0 amide bonds. The van der Waals surface area contributed by atoms with Crippen LogP contribution >= 0.6 is 45.3 Å². The number of aryl methyl sites for hydroxylation is 4. The average molecular weight is 635 g/mol. The molecule has 0 radical (unpaired) electrons. The number of aromatic nitrogens is 4. The molecule has 0 unspecified atom stereocenters. The first kappa shape index (κ1) is 28.8. The minimum Gasteiger partial charge on any atom is -0.338 e. The van der Waals surface area contributed by atoms with Gasteiger partial charge in [0.05, 0.1) is 50.9 Å². The largest absolute Gasteiger partial charge is 0.338 e. The monoisotopic (exact) mass is 634 g/mol. The fraction of sp³-hybridized carbons (Fsp3) is 0.529. The van der Waals surface area contributed by atoms with E-state index in [2.05, 4.69) is 64.5 Å². The highest BCUT2D eigenvalue weighted by molar-refractivity contribution is 7.33. The number of rotatable bonds is 10. The van der Waals surface area contributed by atoms with E-state index in [0.29, 0.717) is 11.8 Å². The summed E-state index contributed by atoms with van der Waals surface area (Å²) in [4.78, 5) is 12.5. The Kier molecular flexibility index (Phi) is 7.44. The number of thiophene rings is 2. The van der Waals surface area contributed by atoms with E-state index in [1.54, 1.807) is 11.1 Å². The van der Waals surface area contributed by atoms with Crippen molar-refractivity contribution in [3.63, 3.8) is 0 Å². The molecule has 42 heavy (non-hydrogen) atoms. The highest BCUT2D eigenvalue weighted by Crippen LogP contribution is 2.52. The second kappa shape index (κ2) is 10.9. The third kappa shape index (κ3) is 4.30. The van der Waals surface area contributed by atoms with Crippen LogP contribution in [0.4, 0.5) is 0 Å². The molecular formula is C34H42N4S4. The minimum atomic E-state index is 0.561. The van der Waals surface area contributed by atoms with E-state index < -0.39 is 0 Å². The first-order valence-corrected chi connectivity index (χ1v) is 19.1. The number of fused-ring (bicyclic) bond motifs is 10. The van der Waals surface area contributed by atoms with Gasteiger partial charge in [0.25, 0.3) is 0 Å². The van der Waals surface area contributed by atoms with E-state index in [4.69, 9.17) is 9.97 Å². The van der Waals surface area contributed by atoms with Gasteiger partial charge in [0.15, 0.2) is 0 Å². The van der Waals surface area contributed by atoms with E-state index in [-0.39, 0.29) is 0 Å². The van der Waals surface area contributed by atoms with Crippen LogP contribution in [0.25, 0.3) is 61.3 Å². The van der Waals surface area contributed by atoms with E-state index in [0.717, 1.165) is 25.9 Å². The van der Waals surface area contributed by atoms with Gasteiger partial charge in [0.1, 0.15) is 9.66 Å². The van der Waals surface area contributed by atoms with Gasteiger partial charge in [-0.3, -0.25) is 0 Å². The minimum absolute atomic E-state index is 0.561. The van der Waals surface area contributed by atoms with Gasteiger partial charge < -0.3 is 9.13 Å². The molecule has 8 heteroatoms. The number of thiazole rings is 2. The summed E-state index contributed by atoms with van der Waals surface area (Å²) >= 11 is 7.67. The smallest absolute Gasteiger partial charge is 0.137 e. The number of benzene rings is 1. The summed E-state index contributed by atoms with van der Waals surface area (Å²) in [5.74, 6) is 1.12. The van der Waals surface area contributed by atoms with Gasteiger partial charge >= 0.3 is 0 Å². The molecule has 4 nitrogen and oxygen atoms in total. The van der Waals surface area contributed by atoms with Crippen molar-refractivity contribution >= 4 is 107 Å². The Morgan fingerprint density at radius 2 is 0.976 bits per heavy atom. The fourth-order valence-electron chi connectivity index (χ4n) is 7.00. The molecule has 6 aromatic heterocycles. The third-order valence-electron chi connectivity index (χ3n) is 8.50. The lowest BCUT2D eigenvalue weighted by molar-refractivity contribution is 0.544. The Morgan fingerprint density at radius 1 is 0.571 bits per heavy atom. The van der Waals surface area contributed by atoms with Gasteiger partial charge in [-0.25, -0.2) is 9.97 Å². The lowest BCUT2D eigenvalue weighted by atomic mass is 9.94. The lowest BCUT2D eigenvalue weighted by Crippen LogP contribution is -2.08. The summed E-state index contributed by atoms with van der Waals surface area (Å²) in [6.07, 6.45) is 7.07. The van der Waals surface area contributed by atoms with Gasteiger partial charge in [-0.05, 0) is 62.5 Å². The highest BCUT2D eigenvalue weighted by atomic mass is 32.1. The van der Waals surface area contributed by atoms with Crippen molar-refractivity contribution < 1.29 is 0 Å². The van der Waals surface area contributed by atoms with Crippen molar-refractivity contribution in [3.05, 3.63) is 21.1 Å². The Hall–Kier alpha value is -2.00. The van der Waals surface area contributed by atoms with Gasteiger partial charge in [-0.2, -0.15) is 0 Å². The quantitative estimate of drug-likeness (QED) is 0.150. The van der Waals surface area contributed by atoms with E-state index in [1.807, 2.05) is 45.3 Å². The Balaban J connectivity index is 1.77. The van der Waals surface area contributed by atoms with Crippen LogP contribution in [-0.2, 0) is 25.9 Å². The molecule has 0 saturated carbocycles. The summed E-state index contributed by atoms with van der Waals surface area (Å²) in [6.45, 7) is 20.6. The molecule has 0 bridgehead atoms. The second-order valence-electron chi connectivity index (χ2n) is 12.9. The van der Waals surface area contributed by atoms with E-state index >= 15 is 0 Å². The topological polar surface area (TPSA) is 35.6 Å². The molecule has 0 aliphatic heterocycles. The van der Waals surface area contributed by atoms with Crippen LogP contribution < -0.4 is 0 Å². The molecule has 222 valence electrons. The molecule has 1 aromatic carbocycles. The lowest BCUT2D eigenvalue weighted by Gasteiger charge is -2.19. The predicted octanol–water partition coefficient (Wildman–Crippen LogP) is 11.9. The Bertz CT molecular complexity index is 1950. The second-order valence-corrected chi connectivity index (χ2v) is 17.3. The Labute approximate surface area is 264 Å². The van der Waals surface area contributed by atoms with Gasteiger partial charge in [0, 0.05) is 23.9 Å². The van der Waals surface area contributed by atoms with Crippen molar-refractivity contribution in [1.82, 2.24) is 19.1 Å². The molecule has 0 atom stereocenters. The molecule has 6 heterocycles. The maximum absolute atomic E-state index is 5.01. The van der Waals surface area contributed by atoms with Crippen molar-refractivity contribution in [2.24, 2.45) is 11.8 Å². The first-order chi connectivity index (χ1) is 20.2. The van der Waals surface area contributed by atoms with Crippen molar-refractivity contribution in [3.8, 4) is 0 Å². The van der Waals surface area contributed by atoms with Crippen molar-refractivity contribution in [2.75, 3.05) is 0 Å². The predicted molar refractivity (Wildman–Crippen MR) is 191 cm³/mol. The van der Waals surface area contributed by atoms with Crippen LogP contribution in [0.1, 0.15) is 88.4 Å². The summed E-state index contributed by atoms with van der Waals surface area (Å²) in [7, 11) is 0. The molecule has 7 aromatic rings. The van der Waals surface area contributed by atoms with Crippen LogP contribution in [0.15, 0.2) is 0 Å². The van der Waals surface area contributed by atoms with Crippen LogP contribution in [0.3, 0.4) is 0 Å². The fourth-order valence-corrected chi connectivity index (χ4v) is 11.9. The van der Waals surface area contributed by atoms with E-state index in [9.17, 15) is 0 Å². The first-order valence-electron chi connectivity index (χ1n) is 15.8. The van der Waals surface area contributed by atoms with Crippen LogP contribution in [-0.4, -0.2) is 19.1 Å². The third-order valence-corrected chi connectivity index (χ3v) is 12.9. The van der Waals surface area contributed by atoms with Crippen molar-refractivity contribution in [1.29, 1.82) is 0 Å². The zero-order valence-corrected chi connectivity index (χ0v) is 29.5. The molecule has 0 saturated heterocycles. The van der Waals surface area contributed by atoms with Gasteiger partial charge in [-0.1, -0.05) is 54.4 Å². The number of hydrogen-bond donors (Lipinski definition) is 0. The van der Waals surface area contributed by atoms with Crippen LogP contribution in [0, 0.1) is 25.7 Å². The average Bonchev–Trinajstić information content (AvgIpc) is 3.72. The van der Waals surface area contributed by atoms with Crippen LogP contribution in [0.5, 0.6) is 0 Å². The zero-order chi connectivity index (χ0) is 29.4. The SMILES string of the molecule is CCCCc1c2c3sc4nc(C)sc4c3n(CC(C)C)c2c(CCCC)c2c3sc4nc(C)sc4c3n(CC(C)C)c12. The van der Waals surface area contributed by atoms with E-state index in [1.165, 1.54) is 97.0 Å². The maximum Gasteiger partial charge on any atom is 0.137 e. The summed E-state index contributed by atoms with van der Waals surface area (Å²) in [6, 6.07) is 0. The summed E-state index contributed by atoms with van der Waals surface area (Å²) in [5, 5.41) is 5.43. The summed E-state index contributed by atoms with van der Waals surface area (Å²) < 4.78 is 11.2. The molecule has 0 N–H and O–H groups in total. The molecular weight excluding hydrogens is 593 g/mol. The molecule has 7 rings (SSSR count). The number of hydrogen-bond acceptors (Lipinski definition) is 6. The number of nitrogens with zero attached hydrogens (tertiary/aromatic N) is 4.